The minimum atomic E-state index is -0.387. The Hall–Kier alpha value is -0.860. The van der Waals surface area contributed by atoms with Crippen LogP contribution >= 0.6 is 11.3 Å². The SMILES string of the molecule is OCC#Cc1csc(CN2CCC3(O)CCCCC3C2)c1. The Kier molecular flexibility index (Phi) is 4.66. The van der Waals surface area contributed by atoms with Gasteiger partial charge in [-0.1, -0.05) is 24.7 Å². The summed E-state index contributed by atoms with van der Waals surface area (Å²) >= 11 is 1.73. The topological polar surface area (TPSA) is 43.7 Å². The van der Waals surface area contributed by atoms with Gasteiger partial charge >= 0.3 is 0 Å². The Bertz CT molecular complexity index is 544. The first-order chi connectivity index (χ1) is 10.2. The van der Waals surface area contributed by atoms with Gasteiger partial charge in [0.1, 0.15) is 6.61 Å². The molecule has 114 valence electrons. The monoisotopic (exact) mass is 305 g/mol. The van der Waals surface area contributed by atoms with Gasteiger partial charge in [0, 0.05) is 41.4 Å². The molecule has 2 heterocycles. The highest BCUT2D eigenvalue weighted by atomic mass is 32.1. The summed E-state index contributed by atoms with van der Waals surface area (Å²) in [4.78, 5) is 3.79. The highest BCUT2D eigenvalue weighted by Gasteiger charge is 2.42. The van der Waals surface area contributed by atoms with E-state index in [4.69, 9.17) is 5.11 Å². The van der Waals surface area contributed by atoms with Gasteiger partial charge in [-0.15, -0.1) is 11.3 Å². The van der Waals surface area contributed by atoms with Crippen LogP contribution in [-0.4, -0.2) is 40.4 Å². The van der Waals surface area contributed by atoms with E-state index in [9.17, 15) is 5.11 Å². The number of aliphatic hydroxyl groups excluding tert-OH is 1. The van der Waals surface area contributed by atoms with Gasteiger partial charge in [0.25, 0.3) is 0 Å². The van der Waals surface area contributed by atoms with E-state index < -0.39 is 0 Å². The molecule has 1 aliphatic carbocycles. The molecule has 0 spiro atoms. The van der Waals surface area contributed by atoms with Gasteiger partial charge in [0.05, 0.1) is 5.60 Å². The third kappa shape index (κ3) is 3.49. The molecule has 3 rings (SSSR count). The van der Waals surface area contributed by atoms with Crippen LogP contribution in [0.15, 0.2) is 11.4 Å². The molecule has 1 aromatic heterocycles. The van der Waals surface area contributed by atoms with Crippen molar-refractivity contribution in [2.45, 2.75) is 44.2 Å². The number of rotatable bonds is 2. The van der Waals surface area contributed by atoms with E-state index in [1.54, 1.807) is 11.3 Å². The van der Waals surface area contributed by atoms with Gasteiger partial charge < -0.3 is 10.2 Å². The number of piperidine rings is 1. The molecule has 0 radical (unpaired) electrons. The van der Waals surface area contributed by atoms with E-state index in [1.807, 2.05) is 0 Å². The van der Waals surface area contributed by atoms with E-state index in [-0.39, 0.29) is 12.2 Å². The quantitative estimate of drug-likeness (QED) is 0.824. The van der Waals surface area contributed by atoms with Gasteiger partial charge in [-0.25, -0.2) is 0 Å². The van der Waals surface area contributed by atoms with Crippen LogP contribution in [0.4, 0.5) is 0 Å². The maximum atomic E-state index is 10.7. The van der Waals surface area contributed by atoms with Crippen LogP contribution in [0.3, 0.4) is 0 Å². The number of fused-ring (bicyclic) bond motifs is 1. The Morgan fingerprint density at radius 3 is 3.14 bits per heavy atom. The van der Waals surface area contributed by atoms with Crippen molar-refractivity contribution in [3.63, 3.8) is 0 Å². The van der Waals surface area contributed by atoms with Crippen molar-refractivity contribution in [3.8, 4) is 11.8 Å². The van der Waals surface area contributed by atoms with Crippen molar-refractivity contribution < 1.29 is 10.2 Å². The maximum Gasteiger partial charge on any atom is 0.104 e. The van der Waals surface area contributed by atoms with Gasteiger partial charge in [-0.05, 0) is 25.3 Å². The van der Waals surface area contributed by atoms with Crippen LogP contribution in [-0.2, 0) is 6.54 Å². The summed E-state index contributed by atoms with van der Waals surface area (Å²) < 4.78 is 0. The molecule has 21 heavy (non-hydrogen) atoms. The van der Waals surface area contributed by atoms with E-state index >= 15 is 0 Å². The number of aliphatic hydroxyl groups is 2. The van der Waals surface area contributed by atoms with E-state index in [2.05, 4.69) is 28.2 Å². The number of hydrogen-bond donors (Lipinski definition) is 2. The van der Waals surface area contributed by atoms with Crippen LogP contribution in [0.2, 0.25) is 0 Å². The fourth-order valence-electron chi connectivity index (χ4n) is 3.67. The smallest absolute Gasteiger partial charge is 0.104 e. The number of nitrogens with zero attached hydrogens (tertiary/aromatic N) is 1. The zero-order chi connectivity index (χ0) is 14.7. The molecule has 0 amide bonds. The van der Waals surface area contributed by atoms with Crippen molar-refractivity contribution in [1.82, 2.24) is 4.90 Å². The Morgan fingerprint density at radius 2 is 2.29 bits per heavy atom. The van der Waals surface area contributed by atoms with Crippen LogP contribution in [0.25, 0.3) is 0 Å². The summed E-state index contributed by atoms with van der Waals surface area (Å²) in [5, 5.41) is 21.5. The molecule has 1 aliphatic heterocycles. The average molecular weight is 305 g/mol. The van der Waals surface area contributed by atoms with Crippen molar-refractivity contribution in [1.29, 1.82) is 0 Å². The van der Waals surface area contributed by atoms with E-state index in [1.165, 1.54) is 24.1 Å². The summed E-state index contributed by atoms with van der Waals surface area (Å²) in [5.74, 6) is 6.10. The van der Waals surface area contributed by atoms with Gasteiger partial charge in [0.15, 0.2) is 0 Å². The molecule has 0 bridgehead atoms. The Balaban J connectivity index is 1.60. The number of hydrogen-bond acceptors (Lipinski definition) is 4. The highest BCUT2D eigenvalue weighted by molar-refractivity contribution is 7.10. The molecule has 3 nitrogen and oxygen atoms in total. The maximum absolute atomic E-state index is 10.7. The lowest BCUT2D eigenvalue weighted by Crippen LogP contribution is -2.52. The molecule has 0 aromatic carbocycles. The molecule has 1 aromatic rings. The third-order valence-electron chi connectivity index (χ3n) is 4.86. The van der Waals surface area contributed by atoms with Crippen molar-refractivity contribution >= 4 is 11.3 Å². The predicted molar refractivity (Wildman–Crippen MR) is 85.1 cm³/mol. The van der Waals surface area contributed by atoms with Crippen molar-refractivity contribution in [2.75, 3.05) is 19.7 Å². The number of likely N-dealkylation sites (tertiary alicyclic amines) is 1. The lowest BCUT2D eigenvalue weighted by atomic mass is 9.71. The normalized spacial score (nSPS) is 29.5. The molecular formula is C17H23NO2S. The summed E-state index contributed by atoms with van der Waals surface area (Å²) in [5.41, 5.74) is 0.609. The number of thiophene rings is 1. The molecule has 2 aliphatic rings. The highest BCUT2D eigenvalue weighted by Crippen LogP contribution is 2.40. The van der Waals surface area contributed by atoms with E-state index in [0.717, 1.165) is 38.0 Å². The molecule has 2 unspecified atom stereocenters. The molecule has 2 N–H and O–H groups in total. The fourth-order valence-corrected chi connectivity index (χ4v) is 4.53. The van der Waals surface area contributed by atoms with Crippen LogP contribution in [0.1, 0.15) is 42.5 Å². The largest absolute Gasteiger partial charge is 0.390 e. The first-order valence-electron chi connectivity index (χ1n) is 7.81. The molecule has 4 heteroatoms. The molecule has 1 saturated heterocycles. The average Bonchev–Trinajstić information content (AvgIpc) is 2.93. The molecule has 2 atom stereocenters. The minimum Gasteiger partial charge on any atom is -0.390 e. The summed E-state index contributed by atoms with van der Waals surface area (Å²) in [6.45, 7) is 2.88. The van der Waals surface area contributed by atoms with Gasteiger partial charge in [-0.2, -0.15) is 0 Å². The second-order valence-corrected chi connectivity index (χ2v) is 7.29. The zero-order valence-electron chi connectivity index (χ0n) is 12.3. The fraction of sp³-hybridized carbons (Fsp3) is 0.647. The zero-order valence-corrected chi connectivity index (χ0v) is 13.2. The lowest BCUT2D eigenvalue weighted by Gasteiger charge is -2.47. The van der Waals surface area contributed by atoms with Crippen LogP contribution in [0.5, 0.6) is 0 Å². The van der Waals surface area contributed by atoms with Crippen molar-refractivity contribution in [2.24, 2.45) is 5.92 Å². The second kappa shape index (κ2) is 6.50. The van der Waals surface area contributed by atoms with E-state index in [0.29, 0.717) is 5.92 Å². The minimum absolute atomic E-state index is 0.0857. The lowest BCUT2D eigenvalue weighted by molar-refractivity contribution is -0.0966. The van der Waals surface area contributed by atoms with Crippen LogP contribution < -0.4 is 0 Å². The van der Waals surface area contributed by atoms with Gasteiger partial charge in [-0.3, -0.25) is 4.90 Å². The Labute approximate surface area is 130 Å². The summed E-state index contributed by atoms with van der Waals surface area (Å²) in [6, 6.07) is 2.12. The van der Waals surface area contributed by atoms with Crippen LogP contribution in [0, 0.1) is 17.8 Å². The summed E-state index contributed by atoms with van der Waals surface area (Å²) in [6.07, 6.45) is 5.53. The second-order valence-electron chi connectivity index (χ2n) is 6.29. The first kappa shape index (κ1) is 15.1. The predicted octanol–water partition coefficient (Wildman–Crippen LogP) is 2.22. The third-order valence-corrected chi connectivity index (χ3v) is 5.78. The van der Waals surface area contributed by atoms with Crippen molar-refractivity contribution in [3.05, 3.63) is 21.9 Å². The molecule has 1 saturated carbocycles. The standard InChI is InChI=1S/C17H23NO2S/c19-9-3-4-14-10-16(21-13-14)12-18-8-7-17(20)6-2-1-5-15(17)11-18/h10,13,15,19-20H,1-2,5-9,11-12H2. The molecule has 2 fully saturated rings. The molecular weight excluding hydrogens is 282 g/mol. The summed E-state index contributed by atoms with van der Waals surface area (Å²) in [7, 11) is 0. The first-order valence-corrected chi connectivity index (χ1v) is 8.69. The Morgan fingerprint density at radius 1 is 1.38 bits per heavy atom. The van der Waals surface area contributed by atoms with Gasteiger partial charge in [0.2, 0.25) is 0 Å².